The number of nitrogens with one attached hydrogen (secondary N) is 1. The molecule has 4 rings (SSSR count). The number of β-amino-alcohol motifs (C(OH)–C–C–N with tert-alkyl or cyclic N) is 1. The Bertz CT molecular complexity index is 935. The number of anilines is 2. The van der Waals surface area contributed by atoms with E-state index in [2.05, 4.69) is 9.69 Å². The summed E-state index contributed by atoms with van der Waals surface area (Å²) in [5.74, 6) is 0.816. The Morgan fingerprint density at radius 3 is 2.61 bits per heavy atom. The summed E-state index contributed by atoms with van der Waals surface area (Å²) < 4.78 is 4.45. The van der Waals surface area contributed by atoms with Crippen LogP contribution in [0.15, 0.2) is 18.2 Å². The number of rotatable bonds is 5. The van der Waals surface area contributed by atoms with Crippen LogP contribution in [0.5, 0.6) is 0 Å². The number of hydrogen-bond acceptors (Lipinski definition) is 6. The number of amides is 2. The van der Waals surface area contributed by atoms with Crippen LogP contribution in [0.2, 0.25) is 5.02 Å². The average molecular weight is 421 g/mol. The van der Waals surface area contributed by atoms with Crippen molar-refractivity contribution in [1.82, 2.24) is 9.27 Å². The lowest BCUT2D eigenvalue weighted by Gasteiger charge is -2.36. The SMILES string of the molecule is CN(C)c1nsc(C(=O)Nc2ccc(C(=O)N3CC(O)C3)c(Cl)c2)c1C1CC1. The molecule has 2 amide bonds. The number of hydrogen-bond donors (Lipinski definition) is 2. The normalized spacial score (nSPS) is 16.6. The maximum Gasteiger partial charge on any atom is 0.267 e. The van der Waals surface area contributed by atoms with Gasteiger partial charge in [-0.1, -0.05) is 11.6 Å². The molecule has 0 spiro atoms. The second-order valence-electron chi connectivity index (χ2n) is 7.43. The van der Waals surface area contributed by atoms with Crippen LogP contribution in [0.25, 0.3) is 0 Å². The summed E-state index contributed by atoms with van der Waals surface area (Å²) in [6.07, 6.45) is 1.69. The molecule has 0 bridgehead atoms. The van der Waals surface area contributed by atoms with Crippen molar-refractivity contribution in [2.24, 2.45) is 0 Å². The van der Waals surface area contributed by atoms with Gasteiger partial charge in [0, 0.05) is 38.4 Å². The molecule has 2 N–H and O–H groups in total. The molecule has 1 aromatic heterocycles. The predicted octanol–water partition coefficient (Wildman–Crippen LogP) is 2.81. The van der Waals surface area contributed by atoms with E-state index >= 15 is 0 Å². The van der Waals surface area contributed by atoms with Gasteiger partial charge in [-0.2, -0.15) is 4.37 Å². The molecule has 28 heavy (non-hydrogen) atoms. The predicted molar refractivity (Wildman–Crippen MR) is 110 cm³/mol. The van der Waals surface area contributed by atoms with E-state index < -0.39 is 6.10 Å². The maximum absolute atomic E-state index is 12.8. The van der Waals surface area contributed by atoms with Gasteiger partial charge < -0.3 is 20.2 Å². The van der Waals surface area contributed by atoms with Crippen LogP contribution >= 0.6 is 23.1 Å². The van der Waals surface area contributed by atoms with Gasteiger partial charge in [0.25, 0.3) is 11.8 Å². The highest BCUT2D eigenvalue weighted by Gasteiger charge is 2.34. The fourth-order valence-corrected chi connectivity index (χ4v) is 4.45. The van der Waals surface area contributed by atoms with Crippen molar-refractivity contribution in [3.05, 3.63) is 39.2 Å². The Balaban J connectivity index is 1.51. The molecule has 0 radical (unpaired) electrons. The van der Waals surface area contributed by atoms with Crippen molar-refractivity contribution < 1.29 is 14.7 Å². The summed E-state index contributed by atoms with van der Waals surface area (Å²) in [5.41, 5.74) is 1.90. The third kappa shape index (κ3) is 3.59. The molecule has 1 saturated heterocycles. The van der Waals surface area contributed by atoms with Gasteiger partial charge in [0.2, 0.25) is 0 Å². The van der Waals surface area contributed by atoms with Gasteiger partial charge in [-0.25, -0.2) is 0 Å². The highest BCUT2D eigenvalue weighted by Crippen LogP contribution is 2.47. The second-order valence-corrected chi connectivity index (χ2v) is 8.61. The number of carbonyl (C=O) groups is 2. The molecule has 9 heteroatoms. The molecule has 148 valence electrons. The average Bonchev–Trinajstić information content (AvgIpc) is 3.35. The standard InChI is InChI=1S/C19H21ClN4O3S/c1-23(2)17-15(10-3-4-10)16(28-22-17)18(26)21-11-5-6-13(14(20)7-11)19(27)24-8-12(25)9-24/h5-7,10,12,25H,3-4,8-9H2,1-2H3,(H,21,26). The Morgan fingerprint density at radius 1 is 1.32 bits per heavy atom. The third-order valence-corrected chi connectivity index (χ3v) is 6.10. The summed E-state index contributed by atoms with van der Waals surface area (Å²) in [6, 6.07) is 4.84. The van der Waals surface area contributed by atoms with Crippen molar-refractivity contribution in [3.8, 4) is 0 Å². The van der Waals surface area contributed by atoms with Gasteiger partial charge in [-0.15, -0.1) is 0 Å². The highest BCUT2D eigenvalue weighted by molar-refractivity contribution is 7.08. The number of likely N-dealkylation sites (tertiary alicyclic amines) is 1. The minimum Gasteiger partial charge on any atom is -0.389 e. The monoisotopic (exact) mass is 420 g/mol. The summed E-state index contributed by atoms with van der Waals surface area (Å²) in [4.78, 5) is 29.3. The van der Waals surface area contributed by atoms with E-state index in [4.69, 9.17) is 11.6 Å². The number of nitrogens with zero attached hydrogens (tertiary/aromatic N) is 3. The number of benzene rings is 1. The van der Waals surface area contributed by atoms with Crippen molar-refractivity contribution in [2.45, 2.75) is 24.9 Å². The molecule has 1 aliphatic heterocycles. The van der Waals surface area contributed by atoms with Crippen molar-refractivity contribution in [1.29, 1.82) is 0 Å². The topological polar surface area (TPSA) is 85.8 Å². The molecule has 7 nitrogen and oxygen atoms in total. The maximum atomic E-state index is 12.8. The van der Waals surface area contributed by atoms with Gasteiger partial charge >= 0.3 is 0 Å². The number of aliphatic hydroxyl groups excluding tert-OH is 1. The van der Waals surface area contributed by atoms with Crippen molar-refractivity contribution >= 4 is 46.5 Å². The Labute approximate surface area is 172 Å². The van der Waals surface area contributed by atoms with Gasteiger partial charge in [0.1, 0.15) is 10.7 Å². The van der Waals surface area contributed by atoms with Gasteiger partial charge in [0.15, 0.2) is 0 Å². The zero-order chi connectivity index (χ0) is 20.0. The molecule has 1 aromatic carbocycles. The van der Waals surface area contributed by atoms with E-state index in [-0.39, 0.29) is 16.8 Å². The molecule has 2 aliphatic rings. The third-order valence-electron chi connectivity index (χ3n) is 4.93. The lowest BCUT2D eigenvalue weighted by atomic mass is 10.1. The van der Waals surface area contributed by atoms with E-state index in [9.17, 15) is 14.7 Å². The van der Waals surface area contributed by atoms with E-state index in [1.54, 1.807) is 18.2 Å². The van der Waals surface area contributed by atoms with E-state index in [0.29, 0.717) is 35.1 Å². The first-order chi connectivity index (χ1) is 13.3. The van der Waals surface area contributed by atoms with Crippen LogP contribution in [-0.4, -0.2) is 59.5 Å². The molecule has 2 aromatic rings. The first kappa shape index (κ1) is 19.2. The van der Waals surface area contributed by atoms with E-state index in [1.807, 2.05) is 19.0 Å². The van der Waals surface area contributed by atoms with Crippen LogP contribution in [0.4, 0.5) is 11.5 Å². The first-order valence-electron chi connectivity index (χ1n) is 9.10. The smallest absolute Gasteiger partial charge is 0.267 e. The number of halogens is 1. The van der Waals surface area contributed by atoms with E-state index in [0.717, 1.165) is 24.2 Å². The second kappa shape index (κ2) is 7.35. The minimum absolute atomic E-state index is 0.214. The lowest BCUT2D eigenvalue weighted by molar-refractivity contribution is 0.00591. The van der Waals surface area contributed by atoms with Gasteiger partial charge in [-0.3, -0.25) is 9.59 Å². The Morgan fingerprint density at radius 2 is 2.04 bits per heavy atom. The number of aromatic nitrogens is 1. The largest absolute Gasteiger partial charge is 0.389 e. The first-order valence-corrected chi connectivity index (χ1v) is 10.3. The highest BCUT2D eigenvalue weighted by atomic mass is 35.5. The molecule has 1 saturated carbocycles. The Hall–Kier alpha value is -2.16. The number of carbonyl (C=O) groups excluding carboxylic acids is 2. The number of aliphatic hydroxyl groups is 1. The Kier molecular flexibility index (Phi) is 5.03. The van der Waals surface area contributed by atoms with E-state index in [1.165, 1.54) is 16.4 Å². The summed E-state index contributed by atoms with van der Waals surface area (Å²) in [5, 5.41) is 12.5. The fraction of sp³-hybridized carbons (Fsp3) is 0.421. The molecule has 0 atom stereocenters. The molecule has 1 aliphatic carbocycles. The minimum atomic E-state index is -0.464. The summed E-state index contributed by atoms with van der Waals surface area (Å²) >= 11 is 7.48. The summed E-state index contributed by atoms with van der Waals surface area (Å²) in [6.45, 7) is 0.633. The zero-order valence-electron chi connectivity index (χ0n) is 15.6. The molecule has 2 heterocycles. The molecular weight excluding hydrogens is 400 g/mol. The molecule has 0 unspecified atom stereocenters. The quantitative estimate of drug-likeness (QED) is 0.776. The van der Waals surface area contributed by atoms with Gasteiger partial charge in [0.05, 0.1) is 16.7 Å². The van der Waals surface area contributed by atoms with Crippen LogP contribution in [0, 0.1) is 0 Å². The van der Waals surface area contributed by atoms with Crippen LogP contribution in [0.1, 0.15) is 44.4 Å². The molecule has 2 fully saturated rings. The molecular formula is C19H21ClN4O3S. The van der Waals surface area contributed by atoms with Crippen molar-refractivity contribution in [3.63, 3.8) is 0 Å². The fourth-order valence-electron chi connectivity index (χ4n) is 3.26. The van der Waals surface area contributed by atoms with Crippen LogP contribution in [-0.2, 0) is 0 Å². The summed E-state index contributed by atoms with van der Waals surface area (Å²) in [7, 11) is 3.85. The van der Waals surface area contributed by atoms with Crippen molar-refractivity contribution in [2.75, 3.05) is 37.4 Å². The van der Waals surface area contributed by atoms with Crippen LogP contribution < -0.4 is 10.2 Å². The lowest BCUT2D eigenvalue weighted by Crippen LogP contribution is -2.53. The van der Waals surface area contributed by atoms with Gasteiger partial charge in [-0.05, 0) is 48.5 Å². The van der Waals surface area contributed by atoms with Crippen LogP contribution in [0.3, 0.4) is 0 Å². The zero-order valence-corrected chi connectivity index (χ0v) is 17.2.